The number of methoxy groups -OCH3 is 1. The molecule has 1 aliphatic rings. The Hall–Kier alpha value is -3.44. The summed E-state index contributed by atoms with van der Waals surface area (Å²) in [5.41, 5.74) is -0.770. The lowest BCUT2D eigenvalue weighted by Crippen LogP contribution is -2.36. The van der Waals surface area contributed by atoms with Gasteiger partial charge in [0.2, 0.25) is 15.9 Å². The van der Waals surface area contributed by atoms with Gasteiger partial charge in [-0.1, -0.05) is 18.6 Å². The molecule has 0 radical (unpaired) electrons. The monoisotopic (exact) mass is 472 g/mol. The van der Waals surface area contributed by atoms with E-state index in [0.29, 0.717) is 13.1 Å². The highest BCUT2D eigenvalue weighted by Crippen LogP contribution is 2.31. The summed E-state index contributed by atoms with van der Waals surface area (Å²) in [5, 5.41) is 5.43. The Labute approximate surface area is 189 Å². The van der Waals surface area contributed by atoms with Crippen molar-refractivity contribution >= 4 is 32.4 Å². The van der Waals surface area contributed by atoms with Crippen LogP contribution in [-0.2, 0) is 21.4 Å². The molecule has 33 heavy (non-hydrogen) atoms. The van der Waals surface area contributed by atoms with E-state index in [0.717, 1.165) is 23.9 Å². The molecule has 1 fully saturated rings. The van der Waals surface area contributed by atoms with Crippen LogP contribution in [0.25, 0.3) is 10.8 Å². The van der Waals surface area contributed by atoms with Gasteiger partial charge in [0.15, 0.2) is 0 Å². The number of hydrogen-bond acceptors (Lipinski definition) is 6. The number of nitrogens with one attached hydrogen (secondary N) is 2. The summed E-state index contributed by atoms with van der Waals surface area (Å²) >= 11 is 0. The van der Waals surface area contributed by atoms with Gasteiger partial charge in [-0.05, 0) is 43.2 Å². The predicted molar refractivity (Wildman–Crippen MR) is 123 cm³/mol. The second-order valence-corrected chi connectivity index (χ2v) is 9.66. The molecule has 10 nitrogen and oxygen atoms in total. The molecule has 2 aromatic carbocycles. The van der Waals surface area contributed by atoms with E-state index in [4.69, 9.17) is 4.74 Å². The summed E-state index contributed by atoms with van der Waals surface area (Å²) < 4.78 is 33.9. The van der Waals surface area contributed by atoms with Gasteiger partial charge < -0.3 is 10.1 Å². The van der Waals surface area contributed by atoms with Crippen molar-refractivity contribution in [3.8, 4) is 5.75 Å². The molecule has 174 valence electrons. The molecule has 1 amide bonds. The third kappa shape index (κ3) is 4.55. The molecule has 0 saturated carbocycles. The molecular weight excluding hydrogens is 448 g/mol. The fraction of sp³-hybridized carbons (Fsp3) is 0.318. The normalized spacial score (nSPS) is 14.8. The summed E-state index contributed by atoms with van der Waals surface area (Å²) in [5.74, 6) is -0.428. The molecule has 0 unspecified atom stereocenters. The molecule has 1 saturated heterocycles. The van der Waals surface area contributed by atoms with E-state index in [1.54, 1.807) is 12.1 Å². The van der Waals surface area contributed by atoms with Crippen LogP contribution in [0.4, 0.5) is 5.69 Å². The number of carbonyl (C=O) groups excluding carboxylic acids is 1. The van der Waals surface area contributed by atoms with Crippen molar-refractivity contribution in [2.75, 3.05) is 25.5 Å². The van der Waals surface area contributed by atoms with Crippen LogP contribution in [0.15, 0.2) is 56.9 Å². The van der Waals surface area contributed by atoms with Crippen LogP contribution >= 0.6 is 0 Å². The van der Waals surface area contributed by atoms with Crippen LogP contribution in [0, 0.1) is 0 Å². The maximum atomic E-state index is 13.2. The van der Waals surface area contributed by atoms with Gasteiger partial charge in [0.25, 0.3) is 11.1 Å². The molecule has 2 heterocycles. The lowest BCUT2D eigenvalue weighted by Gasteiger charge is -2.26. The number of fused-ring (bicyclic) bond motifs is 1. The minimum atomic E-state index is -3.80. The number of nitrogens with zero attached hydrogens (tertiary/aromatic N) is 2. The van der Waals surface area contributed by atoms with Gasteiger partial charge in [-0.2, -0.15) is 4.31 Å². The fourth-order valence-corrected chi connectivity index (χ4v) is 5.60. The highest BCUT2D eigenvalue weighted by molar-refractivity contribution is 7.89. The molecule has 2 N–H and O–H groups in total. The molecule has 0 aliphatic carbocycles. The molecule has 3 aromatic rings. The number of benzene rings is 2. The van der Waals surface area contributed by atoms with Crippen LogP contribution in [0.2, 0.25) is 0 Å². The van der Waals surface area contributed by atoms with Crippen molar-refractivity contribution in [2.24, 2.45) is 0 Å². The number of carbonyl (C=O) groups is 1. The number of rotatable bonds is 6. The van der Waals surface area contributed by atoms with Crippen molar-refractivity contribution in [2.45, 2.75) is 30.7 Å². The lowest BCUT2D eigenvalue weighted by molar-refractivity contribution is -0.117. The smallest absolute Gasteiger partial charge is 0.273 e. The number of amides is 1. The molecular formula is C22H24N4O6S. The van der Waals surface area contributed by atoms with Gasteiger partial charge in [-0.3, -0.25) is 19.5 Å². The number of aromatic amines is 1. The molecule has 0 spiro atoms. The van der Waals surface area contributed by atoms with E-state index in [1.165, 1.54) is 41.7 Å². The largest absolute Gasteiger partial charge is 0.495 e. The van der Waals surface area contributed by atoms with E-state index in [2.05, 4.69) is 10.4 Å². The van der Waals surface area contributed by atoms with Crippen molar-refractivity contribution in [3.05, 3.63) is 63.2 Å². The number of H-pyrrole nitrogens is 1. The minimum absolute atomic E-state index is 0.0408. The van der Waals surface area contributed by atoms with Crippen molar-refractivity contribution in [1.82, 2.24) is 14.1 Å². The standard InChI is InChI=1S/C22H24N4O6S/c1-32-18-10-9-15(13-19(18)33(30,31)25-11-5-2-6-12-25)23-20(27)14-26-22(29)17-8-4-3-7-16(17)21(28)24-26/h3-4,7-10,13H,2,5-6,11-12,14H2,1H3,(H,23,27)(H,24,28). The topological polar surface area (TPSA) is 131 Å². The van der Waals surface area contributed by atoms with Gasteiger partial charge in [0.05, 0.1) is 17.9 Å². The van der Waals surface area contributed by atoms with Gasteiger partial charge >= 0.3 is 0 Å². The second kappa shape index (κ2) is 9.20. The zero-order valence-corrected chi connectivity index (χ0v) is 18.9. The Morgan fingerprint density at radius 2 is 1.76 bits per heavy atom. The molecule has 0 atom stereocenters. The first-order chi connectivity index (χ1) is 15.8. The lowest BCUT2D eigenvalue weighted by atomic mass is 10.2. The van der Waals surface area contributed by atoms with Crippen LogP contribution in [-0.4, -0.2) is 48.6 Å². The van der Waals surface area contributed by atoms with E-state index < -0.39 is 33.6 Å². The number of hydrogen-bond donors (Lipinski definition) is 2. The first-order valence-corrected chi connectivity index (χ1v) is 11.9. The van der Waals surface area contributed by atoms with Crippen LogP contribution < -0.4 is 21.2 Å². The molecule has 1 aliphatic heterocycles. The second-order valence-electron chi connectivity index (χ2n) is 7.76. The first kappa shape index (κ1) is 22.7. The molecule has 11 heteroatoms. The van der Waals surface area contributed by atoms with E-state index in [1.807, 2.05) is 0 Å². The fourth-order valence-electron chi connectivity index (χ4n) is 3.90. The van der Waals surface area contributed by atoms with Crippen LogP contribution in [0.1, 0.15) is 19.3 Å². The maximum absolute atomic E-state index is 13.2. The van der Waals surface area contributed by atoms with Crippen molar-refractivity contribution in [3.63, 3.8) is 0 Å². The highest BCUT2D eigenvalue weighted by atomic mass is 32.2. The summed E-state index contributed by atoms with van der Waals surface area (Å²) in [7, 11) is -2.42. The Morgan fingerprint density at radius 3 is 2.45 bits per heavy atom. The molecule has 4 rings (SSSR count). The van der Waals surface area contributed by atoms with Crippen LogP contribution in [0.5, 0.6) is 5.75 Å². The van der Waals surface area contributed by atoms with Gasteiger partial charge in [0.1, 0.15) is 17.2 Å². The third-order valence-corrected chi connectivity index (χ3v) is 7.49. The minimum Gasteiger partial charge on any atom is -0.495 e. The third-order valence-electron chi connectivity index (χ3n) is 5.57. The van der Waals surface area contributed by atoms with Crippen molar-refractivity contribution in [1.29, 1.82) is 0 Å². The summed E-state index contributed by atoms with van der Waals surface area (Å²) in [6, 6.07) is 10.6. The van der Waals surface area contributed by atoms with Gasteiger partial charge in [0, 0.05) is 18.8 Å². The number of anilines is 1. The average molecular weight is 473 g/mol. The van der Waals surface area contributed by atoms with E-state index in [-0.39, 0.29) is 27.1 Å². The Bertz CT molecular complexity index is 1420. The Kier molecular flexibility index (Phi) is 6.34. The zero-order chi connectivity index (χ0) is 23.6. The molecule has 1 aromatic heterocycles. The van der Waals surface area contributed by atoms with Gasteiger partial charge in [-0.25, -0.2) is 13.1 Å². The predicted octanol–water partition coefficient (Wildman–Crippen LogP) is 1.51. The summed E-state index contributed by atoms with van der Waals surface area (Å²) in [6.45, 7) is 0.416. The highest BCUT2D eigenvalue weighted by Gasteiger charge is 2.29. The quantitative estimate of drug-likeness (QED) is 0.559. The maximum Gasteiger partial charge on any atom is 0.273 e. The molecule has 0 bridgehead atoms. The summed E-state index contributed by atoms with van der Waals surface area (Å²) in [6.07, 6.45) is 2.56. The van der Waals surface area contributed by atoms with Gasteiger partial charge in [-0.15, -0.1) is 0 Å². The zero-order valence-electron chi connectivity index (χ0n) is 18.0. The number of sulfonamides is 1. The summed E-state index contributed by atoms with van der Waals surface area (Å²) in [4.78, 5) is 37.4. The van der Waals surface area contributed by atoms with E-state index >= 15 is 0 Å². The first-order valence-electron chi connectivity index (χ1n) is 10.5. The van der Waals surface area contributed by atoms with Crippen molar-refractivity contribution < 1.29 is 17.9 Å². The number of piperidine rings is 1. The Morgan fingerprint density at radius 1 is 1.06 bits per heavy atom. The Balaban J connectivity index is 1.60. The van der Waals surface area contributed by atoms with Crippen LogP contribution in [0.3, 0.4) is 0 Å². The average Bonchev–Trinajstić information content (AvgIpc) is 2.83. The SMILES string of the molecule is COc1ccc(NC(=O)Cn2[nH]c(=O)c3ccccc3c2=O)cc1S(=O)(=O)N1CCCCC1. The van der Waals surface area contributed by atoms with E-state index in [9.17, 15) is 22.8 Å². The number of ether oxygens (including phenoxy) is 1. The number of aromatic nitrogens is 2.